The second-order valence-electron chi connectivity index (χ2n) is 8.38. The van der Waals surface area contributed by atoms with Crippen LogP contribution in [0.4, 0.5) is 5.82 Å². The van der Waals surface area contributed by atoms with Gasteiger partial charge in [-0.2, -0.15) is 0 Å². The van der Waals surface area contributed by atoms with E-state index in [1.165, 1.54) is 37.4 Å². The topological polar surface area (TPSA) is 57.9 Å². The maximum atomic E-state index is 13.3. The quantitative estimate of drug-likeness (QED) is 0.296. The lowest BCUT2D eigenvalue weighted by Crippen LogP contribution is -2.29. The number of hydrogen-bond donors (Lipinski definition) is 0. The van der Waals surface area contributed by atoms with Crippen molar-refractivity contribution in [3.63, 3.8) is 0 Å². The second-order valence-corrected chi connectivity index (χ2v) is 10.1. The van der Waals surface area contributed by atoms with Gasteiger partial charge >= 0.3 is 0 Å². The molecular formula is C24H30N4O2S2. The summed E-state index contributed by atoms with van der Waals surface area (Å²) >= 11 is 6.79. The third kappa shape index (κ3) is 4.91. The van der Waals surface area contributed by atoms with E-state index in [1.54, 1.807) is 21.6 Å². The van der Waals surface area contributed by atoms with E-state index in [0.29, 0.717) is 32.8 Å². The highest BCUT2D eigenvalue weighted by molar-refractivity contribution is 8.26. The van der Waals surface area contributed by atoms with Crippen molar-refractivity contribution in [2.45, 2.75) is 58.3 Å². The molecule has 0 aliphatic carbocycles. The van der Waals surface area contributed by atoms with Gasteiger partial charge in [0.05, 0.1) is 10.5 Å². The van der Waals surface area contributed by atoms with Crippen molar-refractivity contribution in [3.8, 4) is 0 Å². The summed E-state index contributed by atoms with van der Waals surface area (Å²) < 4.78 is 2.12. The molecule has 170 valence electrons. The van der Waals surface area contributed by atoms with Gasteiger partial charge in [0.2, 0.25) is 0 Å². The number of nitrogens with zero attached hydrogens (tertiary/aromatic N) is 4. The fraction of sp³-hybridized carbons (Fsp3) is 0.500. The van der Waals surface area contributed by atoms with Crippen molar-refractivity contribution in [2.24, 2.45) is 0 Å². The number of rotatable bonds is 9. The third-order valence-corrected chi connectivity index (χ3v) is 7.42. The van der Waals surface area contributed by atoms with Gasteiger partial charge < -0.3 is 4.90 Å². The van der Waals surface area contributed by atoms with E-state index in [0.717, 1.165) is 38.8 Å². The fourth-order valence-electron chi connectivity index (χ4n) is 4.26. The van der Waals surface area contributed by atoms with E-state index in [4.69, 9.17) is 17.2 Å². The van der Waals surface area contributed by atoms with Crippen molar-refractivity contribution in [2.75, 3.05) is 24.5 Å². The minimum Gasteiger partial charge on any atom is -0.356 e. The Balaban J connectivity index is 1.59. The molecular weight excluding hydrogens is 440 g/mol. The van der Waals surface area contributed by atoms with Crippen LogP contribution >= 0.6 is 24.0 Å². The maximum absolute atomic E-state index is 13.3. The lowest BCUT2D eigenvalue weighted by Gasteiger charge is -2.19. The van der Waals surface area contributed by atoms with Crippen LogP contribution in [0.15, 0.2) is 34.1 Å². The Morgan fingerprint density at radius 1 is 1.09 bits per heavy atom. The Morgan fingerprint density at radius 3 is 2.62 bits per heavy atom. The van der Waals surface area contributed by atoms with Crippen LogP contribution < -0.4 is 10.5 Å². The summed E-state index contributed by atoms with van der Waals surface area (Å²) in [6.45, 7) is 4.59. The first-order valence-electron chi connectivity index (χ1n) is 11.6. The molecule has 1 amide bonds. The molecule has 0 atom stereocenters. The van der Waals surface area contributed by atoms with Crippen LogP contribution in [0.3, 0.4) is 0 Å². The van der Waals surface area contributed by atoms with Crippen molar-refractivity contribution in [1.29, 1.82) is 0 Å². The Kier molecular flexibility index (Phi) is 7.63. The molecule has 0 unspecified atom stereocenters. The van der Waals surface area contributed by atoms with Crippen LogP contribution in [0, 0.1) is 0 Å². The normalized spacial score (nSPS) is 18.0. The number of carbonyl (C=O) groups is 1. The first kappa shape index (κ1) is 23.0. The van der Waals surface area contributed by atoms with Crippen LogP contribution in [0.25, 0.3) is 11.7 Å². The first-order valence-corrected chi connectivity index (χ1v) is 12.8. The number of thioether (sulfide) groups is 1. The van der Waals surface area contributed by atoms with E-state index in [1.807, 2.05) is 18.2 Å². The predicted octanol–water partition coefficient (Wildman–Crippen LogP) is 4.86. The predicted molar refractivity (Wildman–Crippen MR) is 136 cm³/mol. The molecule has 0 spiro atoms. The average Bonchev–Trinajstić information content (AvgIpc) is 3.42. The number of aromatic nitrogens is 2. The summed E-state index contributed by atoms with van der Waals surface area (Å²) in [6.07, 6.45) is 12.6. The summed E-state index contributed by atoms with van der Waals surface area (Å²) in [4.78, 5) is 35.6. The zero-order chi connectivity index (χ0) is 22.5. The number of hydrogen-bond acceptors (Lipinski definition) is 6. The summed E-state index contributed by atoms with van der Waals surface area (Å²) in [7, 11) is 0. The Labute approximate surface area is 198 Å². The van der Waals surface area contributed by atoms with Crippen molar-refractivity contribution >= 4 is 51.7 Å². The Hall–Kier alpha value is -2.19. The molecule has 0 bridgehead atoms. The molecule has 4 heterocycles. The average molecular weight is 471 g/mol. The summed E-state index contributed by atoms with van der Waals surface area (Å²) in [5.74, 6) is 0.568. The van der Waals surface area contributed by atoms with Gasteiger partial charge in [-0.25, -0.2) is 4.98 Å². The van der Waals surface area contributed by atoms with Gasteiger partial charge in [0.1, 0.15) is 15.8 Å². The van der Waals surface area contributed by atoms with Crippen LogP contribution in [0.5, 0.6) is 0 Å². The number of amides is 1. The molecule has 0 radical (unpaired) electrons. The van der Waals surface area contributed by atoms with E-state index in [2.05, 4.69) is 11.8 Å². The van der Waals surface area contributed by atoms with Gasteiger partial charge in [0.25, 0.3) is 11.5 Å². The van der Waals surface area contributed by atoms with Gasteiger partial charge in [-0.15, -0.1) is 0 Å². The standard InChI is InChI=1S/C24H30N4O2S2/c1-2-3-4-5-6-8-16-28-23(30)19(32-24(28)31)17-18-21(26-13-10-11-14-26)25-20-12-7-9-15-27(20)22(18)29/h7,9,12,15,17H,2-6,8,10-11,13-14,16H2,1H3/b19-17-. The largest absolute Gasteiger partial charge is 0.356 e. The number of thiocarbonyl (C=S) groups is 1. The highest BCUT2D eigenvalue weighted by Crippen LogP contribution is 2.34. The molecule has 4 rings (SSSR count). The number of anilines is 1. The van der Waals surface area contributed by atoms with Gasteiger partial charge in [-0.1, -0.05) is 69.1 Å². The van der Waals surface area contributed by atoms with E-state index < -0.39 is 0 Å². The molecule has 0 saturated carbocycles. The minimum absolute atomic E-state index is 0.0986. The second kappa shape index (κ2) is 10.6. The van der Waals surface area contributed by atoms with Crippen molar-refractivity contribution < 1.29 is 4.79 Å². The van der Waals surface area contributed by atoms with Gasteiger partial charge in [-0.05, 0) is 37.5 Å². The molecule has 2 aromatic heterocycles. The maximum Gasteiger partial charge on any atom is 0.267 e. The number of unbranched alkanes of at least 4 members (excludes halogenated alkanes) is 5. The smallest absolute Gasteiger partial charge is 0.267 e. The van der Waals surface area contributed by atoms with Gasteiger partial charge in [-0.3, -0.25) is 18.9 Å². The van der Waals surface area contributed by atoms with E-state index in [9.17, 15) is 9.59 Å². The molecule has 8 heteroatoms. The van der Waals surface area contributed by atoms with Crippen LogP contribution in [-0.2, 0) is 4.79 Å². The van der Waals surface area contributed by atoms with Crippen LogP contribution in [-0.4, -0.2) is 44.1 Å². The third-order valence-electron chi connectivity index (χ3n) is 6.04. The molecule has 2 fully saturated rings. The molecule has 2 saturated heterocycles. The highest BCUT2D eigenvalue weighted by Gasteiger charge is 2.32. The molecule has 0 aromatic carbocycles. The summed E-state index contributed by atoms with van der Waals surface area (Å²) in [6, 6.07) is 5.53. The van der Waals surface area contributed by atoms with Crippen LogP contribution in [0.2, 0.25) is 0 Å². The number of carbonyl (C=O) groups excluding carboxylic acids is 1. The summed E-state index contributed by atoms with van der Waals surface area (Å²) in [5, 5.41) is 0. The SMILES string of the molecule is CCCCCCCCN1C(=O)/C(=C/c2c(N3CCCC3)nc3ccccn3c2=O)SC1=S. The van der Waals surface area contributed by atoms with E-state index in [-0.39, 0.29) is 11.5 Å². The zero-order valence-corrected chi connectivity index (χ0v) is 20.2. The molecule has 0 N–H and O–H groups in total. The highest BCUT2D eigenvalue weighted by atomic mass is 32.2. The van der Waals surface area contributed by atoms with Crippen molar-refractivity contribution in [1.82, 2.24) is 14.3 Å². The van der Waals surface area contributed by atoms with Gasteiger partial charge in [0.15, 0.2) is 0 Å². The molecule has 2 aromatic rings. The fourth-order valence-corrected chi connectivity index (χ4v) is 5.55. The van der Waals surface area contributed by atoms with Gasteiger partial charge in [0, 0.05) is 25.8 Å². The molecule has 2 aliphatic rings. The number of pyridine rings is 1. The Morgan fingerprint density at radius 2 is 1.84 bits per heavy atom. The van der Waals surface area contributed by atoms with E-state index >= 15 is 0 Å². The first-order chi connectivity index (χ1) is 15.6. The van der Waals surface area contributed by atoms with Crippen LogP contribution in [0.1, 0.15) is 63.9 Å². The lowest BCUT2D eigenvalue weighted by molar-refractivity contribution is -0.122. The lowest BCUT2D eigenvalue weighted by atomic mass is 10.1. The van der Waals surface area contributed by atoms with Crippen molar-refractivity contribution in [3.05, 3.63) is 45.2 Å². The monoisotopic (exact) mass is 470 g/mol. The zero-order valence-electron chi connectivity index (χ0n) is 18.6. The molecule has 32 heavy (non-hydrogen) atoms. The summed E-state index contributed by atoms with van der Waals surface area (Å²) in [5.41, 5.74) is 0.932. The Bertz CT molecular complexity index is 1090. The number of fused-ring (bicyclic) bond motifs is 1. The minimum atomic E-state index is -0.154. The molecule has 6 nitrogen and oxygen atoms in total. The molecule has 2 aliphatic heterocycles.